The Balaban J connectivity index is 3.16. The minimum absolute atomic E-state index is 0.579. The molecule has 0 amide bonds. The Labute approximate surface area is 112 Å². The number of nitrogen functional groups attached to an aromatic ring is 1. The van der Waals surface area contributed by atoms with Crippen molar-refractivity contribution in [2.24, 2.45) is 5.92 Å². The summed E-state index contributed by atoms with van der Waals surface area (Å²) >= 11 is 0. The Bertz CT molecular complexity index is 347. The summed E-state index contributed by atoms with van der Waals surface area (Å²) in [6.45, 7) is 12.3. The third kappa shape index (κ3) is 3.41. The molecule has 0 atom stereocenters. The maximum Gasteiger partial charge on any atom is 0.0632 e. The molecule has 0 aliphatic rings. The lowest BCUT2D eigenvalue weighted by Gasteiger charge is -2.36. The van der Waals surface area contributed by atoms with Gasteiger partial charge in [-0.2, -0.15) is 0 Å². The second-order valence-corrected chi connectivity index (χ2v) is 5.53. The van der Waals surface area contributed by atoms with Gasteiger partial charge in [-0.05, 0) is 37.3 Å². The Hall–Kier alpha value is -1.18. The van der Waals surface area contributed by atoms with Gasteiger partial charge in [0.2, 0.25) is 0 Å². The van der Waals surface area contributed by atoms with Crippen LogP contribution in [0.5, 0.6) is 0 Å². The predicted octanol–water partition coefficient (Wildman–Crippen LogP) is 4.23. The molecule has 2 heteroatoms. The van der Waals surface area contributed by atoms with Gasteiger partial charge in [0.05, 0.1) is 11.4 Å². The van der Waals surface area contributed by atoms with E-state index in [1.807, 2.05) is 12.1 Å². The highest BCUT2D eigenvalue weighted by Gasteiger charge is 2.20. The van der Waals surface area contributed by atoms with E-state index in [1.54, 1.807) is 0 Å². The fraction of sp³-hybridized carbons (Fsp3) is 0.625. The van der Waals surface area contributed by atoms with Crippen LogP contribution in [0.2, 0.25) is 0 Å². The average Bonchev–Trinajstić information content (AvgIpc) is 2.29. The third-order valence-electron chi connectivity index (χ3n) is 3.50. The lowest BCUT2D eigenvalue weighted by molar-refractivity contribution is 0.507. The lowest BCUT2D eigenvalue weighted by Crippen LogP contribution is -2.38. The molecule has 0 aliphatic carbocycles. The summed E-state index contributed by atoms with van der Waals surface area (Å²) in [6.07, 6.45) is 2.33. The van der Waals surface area contributed by atoms with Crippen molar-refractivity contribution in [3.8, 4) is 0 Å². The van der Waals surface area contributed by atoms with E-state index in [0.29, 0.717) is 12.0 Å². The molecule has 0 unspecified atom stereocenters. The molecule has 0 aliphatic heterocycles. The van der Waals surface area contributed by atoms with E-state index >= 15 is 0 Å². The molecule has 102 valence electrons. The van der Waals surface area contributed by atoms with E-state index in [2.05, 4.69) is 45.6 Å². The number of rotatable bonds is 6. The maximum atomic E-state index is 6.20. The van der Waals surface area contributed by atoms with Gasteiger partial charge >= 0.3 is 0 Å². The number of nitrogens with two attached hydrogens (primary N) is 1. The van der Waals surface area contributed by atoms with Crippen molar-refractivity contribution in [3.05, 3.63) is 23.8 Å². The number of aryl methyl sites for hydroxylation is 1. The highest BCUT2D eigenvalue weighted by Crippen LogP contribution is 2.31. The first-order valence-electron chi connectivity index (χ1n) is 7.12. The standard InChI is InChI=1S/C16H28N2/c1-6-14(7-2)18(11-12(3)4)16-13(5)9-8-10-15(16)17/h8-10,12,14H,6-7,11,17H2,1-5H3. The summed E-state index contributed by atoms with van der Waals surface area (Å²) in [5.41, 5.74) is 9.62. The average molecular weight is 248 g/mol. The number of hydrogen-bond acceptors (Lipinski definition) is 2. The Kier molecular flexibility index (Phi) is 5.52. The van der Waals surface area contributed by atoms with Gasteiger partial charge in [0, 0.05) is 12.6 Å². The minimum Gasteiger partial charge on any atom is -0.397 e. The van der Waals surface area contributed by atoms with Crippen LogP contribution in [0.1, 0.15) is 46.1 Å². The first-order chi connectivity index (χ1) is 8.51. The summed E-state index contributed by atoms with van der Waals surface area (Å²) in [7, 11) is 0. The molecule has 0 aromatic heterocycles. The fourth-order valence-corrected chi connectivity index (χ4v) is 2.62. The summed E-state index contributed by atoms with van der Waals surface area (Å²) < 4.78 is 0. The van der Waals surface area contributed by atoms with Crippen LogP contribution in [0.4, 0.5) is 11.4 Å². The molecule has 1 aromatic carbocycles. The van der Waals surface area contributed by atoms with Crippen LogP contribution >= 0.6 is 0 Å². The van der Waals surface area contributed by atoms with Gasteiger partial charge in [0.25, 0.3) is 0 Å². The highest BCUT2D eigenvalue weighted by atomic mass is 15.2. The van der Waals surface area contributed by atoms with Crippen molar-refractivity contribution >= 4 is 11.4 Å². The van der Waals surface area contributed by atoms with Crippen molar-refractivity contribution in [2.75, 3.05) is 17.2 Å². The Morgan fingerprint density at radius 2 is 1.78 bits per heavy atom. The summed E-state index contributed by atoms with van der Waals surface area (Å²) in [5.74, 6) is 0.643. The Morgan fingerprint density at radius 3 is 2.22 bits per heavy atom. The minimum atomic E-state index is 0.579. The number of hydrogen-bond donors (Lipinski definition) is 1. The van der Waals surface area contributed by atoms with Crippen LogP contribution in [0.25, 0.3) is 0 Å². The van der Waals surface area contributed by atoms with E-state index in [4.69, 9.17) is 5.73 Å². The lowest BCUT2D eigenvalue weighted by atomic mass is 10.0. The van der Waals surface area contributed by atoms with Crippen LogP contribution in [0.15, 0.2) is 18.2 Å². The van der Waals surface area contributed by atoms with Crippen LogP contribution in [-0.2, 0) is 0 Å². The maximum absolute atomic E-state index is 6.20. The SMILES string of the molecule is CCC(CC)N(CC(C)C)c1c(C)cccc1N. The molecule has 1 rings (SSSR count). The van der Waals surface area contributed by atoms with Gasteiger partial charge < -0.3 is 10.6 Å². The zero-order chi connectivity index (χ0) is 13.7. The van der Waals surface area contributed by atoms with E-state index in [9.17, 15) is 0 Å². The molecule has 0 heterocycles. The normalized spacial score (nSPS) is 11.3. The number of nitrogens with zero attached hydrogens (tertiary/aromatic N) is 1. The van der Waals surface area contributed by atoms with Crippen LogP contribution < -0.4 is 10.6 Å². The van der Waals surface area contributed by atoms with Crippen molar-refractivity contribution in [3.63, 3.8) is 0 Å². The molecule has 0 fully saturated rings. The second-order valence-electron chi connectivity index (χ2n) is 5.53. The van der Waals surface area contributed by atoms with Gasteiger partial charge in [-0.15, -0.1) is 0 Å². The Morgan fingerprint density at radius 1 is 1.17 bits per heavy atom. The zero-order valence-corrected chi connectivity index (χ0v) is 12.5. The molecule has 0 radical (unpaired) electrons. The molecule has 0 saturated carbocycles. The molecule has 2 N–H and O–H groups in total. The summed E-state index contributed by atoms with van der Waals surface area (Å²) in [6, 6.07) is 6.78. The monoisotopic (exact) mass is 248 g/mol. The topological polar surface area (TPSA) is 29.3 Å². The van der Waals surface area contributed by atoms with E-state index in [-0.39, 0.29) is 0 Å². The molecular weight excluding hydrogens is 220 g/mol. The van der Waals surface area contributed by atoms with Crippen molar-refractivity contribution in [1.29, 1.82) is 0 Å². The fourth-order valence-electron chi connectivity index (χ4n) is 2.62. The molecule has 1 aromatic rings. The van der Waals surface area contributed by atoms with Crippen molar-refractivity contribution < 1.29 is 0 Å². The first-order valence-corrected chi connectivity index (χ1v) is 7.12. The predicted molar refractivity (Wildman–Crippen MR) is 82.1 cm³/mol. The zero-order valence-electron chi connectivity index (χ0n) is 12.5. The molecule has 18 heavy (non-hydrogen) atoms. The van der Waals surface area contributed by atoms with Gasteiger partial charge in [0.1, 0.15) is 0 Å². The number of anilines is 2. The molecule has 0 bridgehead atoms. The van der Waals surface area contributed by atoms with Gasteiger partial charge in [-0.3, -0.25) is 0 Å². The van der Waals surface area contributed by atoms with Crippen molar-refractivity contribution in [1.82, 2.24) is 0 Å². The number of para-hydroxylation sites is 1. The van der Waals surface area contributed by atoms with Gasteiger partial charge in [-0.1, -0.05) is 39.8 Å². The summed E-state index contributed by atoms with van der Waals surface area (Å²) in [5, 5.41) is 0. The van der Waals surface area contributed by atoms with Gasteiger partial charge in [-0.25, -0.2) is 0 Å². The number of benzene rings is 1. The third-order valence-corrected chi connectivity index (χ3v) is 3.50. The molecule has 0 saturated heterocycles. The molecular formula is C16H28N2. The van der Waals surface area contributed by atoms with E-state index < -0.39 is 0 Å². The van der Waals surface area contributed by atoms with Crippen LogP contribution in [0.3, 0.4) is 0 Å². The molecule has 2 nitrogen and oxygen atoms in total. The quantitative estimate of drug-likeness (QED) is 0.763. The molecule has 0 spiro atoms. The largest absolute Gasteiger partial charge is 0.397 e. The van der Waals surface area contributed by atoms with Crippen LogP contribution in [-0.4, -0.2) is 12.6 Å². The van der Waals surface area contributed by atoms with Gasteiger partial charge in [0.15, 0.2) is 0 Å². The first kappa shape index (κ1) is 14.9. The van der Waals surface area contributed by atoms with E-state index in [1.165, 1.54) is 11.3 Å². The second kappa shape index (κ2) is 6.67. The highest BCUT2D eigenvalue weighted by molar-refractivity contribution is 5.71. The smallest absolute Gasteiger partial charge is 0.0632 e. The van der Waals surface area contributed by atoms with Crippen LogP contribution in [0, 0.1) is 12.8 Å². The van der Waals surface area contributed by atoms with Crippen molar-refractivity contribution in [2.45, 2.75) is 53.5 Å². The van der Waals surface area contributed by atoms with E-state index in [0.717, 1.165) is 25.1 Å². The summed E-state index contributed by atoms with van der Waals surface area (Å²) in [4.78, 5) is 2.51.